The maximum Gasteiger partial charge on any atom is 0.261 e. The highest BCUT2D eigenvalue weighted by Gasteiger charge is 2.38. The smallest absolute Gasteiger partial charge is 0.261 e. The van der Waals surface area contributed by atoms with Crippen molar-refractivity contribution in [3.63, 3.8) is 0 Å². The van der Waals surface area contributed by atoms with Crippen LogP contribution in [0.1, 0.15) is 40.5 Å². The fourth-order valence-corrected chi connectivity index (χ4v) is 3.05. The van der Waals surface area contributed by atoms with Gasteiger partial charge in [-0.05, 0) is 31.5 Å². The van der Waals surface area contributed by atoms with Crippen LogP contribution in [0.5, 0.6) is 0 Å². The molecule has 1 aliphatic heterocycles. The number of amides is 4. The molecule has 0 aliphatic carbocycles. The van der Waals surface area contributed by atoms with Crippen LogP contribution in [-0.2, 0) is 19.1 Å². The Morgan fingerprint density at radius 2 is 1.83 bits per heavy atom. The van der Waals surface area contributed by atoms with Crippen molar-refractivity contribution in [2.75, 3.05) is 44.8 Å². The first-order valence-corrected chi connectivity index (χ1v) is 9.84. The van der Waals surface area contributed by atoms with E-state index in [9.17, 15) is 19.2 Å². The first-order chi connectivity index (χ1) is 14.5. The van der Waals surface area contributed by atoms with Crippen LogP contribution in [0.2, 0.25) is 0 Å². The molecule has 0 bridgehead atoms. The van der Waals surface area contributed by atoms with Crippen LogP contribution in [0.3, 0.4) is 0 Å². The number of nitrogens with one attached hydrogen (secondary N) is 2. The second kappa shape index (κ2) is 12.0. The summed E-state index contributed by atoms with van der Waals surface area (Å²) in [5.74, 6) is -1.23. The topological polar surface area (TPSA) is 140 Å². The van der Waals surface area contributed by atoms with Gasteiger partial charge in [0.2, 0.25) is 12.3 Å². The SMILES string of the molecule is CC(CCC(=O)NC=O)N1C(=O)c2ccc(NCCOCCOCCN)cc2C1=O. The number of fused-ring (bicyclic) bond motifs is 1. The molecule has 1 aromatic carbocycles. The van der Waals surface area contributed by atoms with Gasteiger partial charge in [0.15, 0.2) is 0 Å². The quantitative estimate of drug-likeness (QED) is 0.219. The number of nitrogens with two attached hydrogens (primary N) is 1. The van der Waals surface area contributed by atoms with Gasteiger partial charge in [0.25, 0.3) is 11.8 Å². The fourth-order valence-electron chi connectivity index (χ4n) is 3.05. The molecule has 0 radical (unpaired) electrons. The number of ether oxygens (including phenoxy) is 2. The summed E-state index contributed by atoms with van der Waals surface area (Å²) in [6, 6.07) is 4.53. The van der Waals surface area contributed by atoms with Crippen LogP contribution in [0.4, 0.5) is 5.69 Å². The van der Waals surface area contributed by atoms with Crippen LogP contribution in [0, 0.1) is 0 Å². The van der Waals surface area contributed by atoms with Crippen LogP contribution < -0.4 is 16.4 Å². The Morgan fingerprint density at radius 3 is 2.53 bits per heavy atom. The number of hydrogen-bond acceptors (Lipinski definition) is 8. The molecule has 0 aromatic heterocycles. The van der Waals surface area contributed by atoms with E-state index in [2.05, 4.69) is 5.32 Å². The Morgan fingerprint density at radius 1 is 1.13 bits per heavy atom. The van der Waals surface area contributed by atoms with Gasteiger partial charge in [0, 0.05) is 31.2 Å². The molecule has 0 fully saturated rings. The summed E-state index contributed by atoms with van der Waals surface area (Å²) in [7, 11) is 0. The van der Waals surface area contributed by atoms with Crippen molar-refractivity contribution in [1.29, 1.82) is 0 Å². The maximum atomic E-state index is 12.7. The standard InChI is InChI=1S/C20H28N4O6/c1-14(2-5-18(26)23-13-25)24-19(27)16-4-3-15(12-17(16)20(24)28)22-7-9-30-11-10-29-8-6-21/h3-4,12-14,22H,2,5-11,21H2,1H3,(H,23,25,26). The average molecular weight is 420 g/mol. The predicted octanol–water partition coefficient (Wildman–Crippen LogP) is 0.128. The molecule has 10 heteroatoms. The minimum Gasteiger partial charge on any atom is -0.383 e. The second-order valence-electron chi connectivity index (χ2n) is 6.75. The largest absolute Gasteiger partial charge is 0.383 e. The Hall–Kier alpha value is -2.82. The number of benzene rings is 1. The van der Waals surface area contributed by atoms with Crippen LogP contribution in [-0.4, -0.2) is 74.6 Å². The molecule has 1 heterocycles. The number of carbonyl (C=O) groups is 4. The zero-order chi connectivity index (χ0) is 21.9. The number of nitrogens with zero attached hydrogens (tertiary/aromatic N) is 1. The Kier molecular flexibility index (Phi) is 9.39. The van der Waals surface area contributed by atoms with Crippen LogP contribution >= 0.6 is 0 Å². The highest BCUT2D eigenvalue weighted by Crippen LogP contribution is 2.28. The van der Waals surface area contributed by atoms with E-state index in [1.165, 1.54) is 0 Å². The molecule has 1 unspecified atom stereocenters. The molecule has 0 saturated carbocycles. The summed E-state index contributed by atoms with van der Waals surface area (Å²) >= 11 is 0. The zero-order valence-corrected chi connectivity index (χ0v) is 17.0. The van der Waals surface area contributed by atoms with E-state index >= 15 is 0 Å². The summed E-state index contributed by atoms with van der Waals surface area (Å²) in [6.45, 7) is 4.63. The summed E-state index contributed by atoms with van der Waals surface area (Å²) in [5, 5.41) is 5.20. The minimum atomic E-state index is -0.471. The van der Waals surface area contributed by atoms with E-state index in [4.69, 9.17) is 15.2 Å². The molecule has 10 nitrogen and oxygen atoms in total. The van der Waals surface area contributed by atoms with Crippen molar-refractivity contribution < 1.29 is 28.7 Å². The lowest BCUT2D eigenvalue weighted by molar-refractivity contribution is -0.125. The molecule has 4 N–H and O–H groups in total. The van der Waals surface area contributed by atoms with Crippen LogP contribution in [0.25, 0.3) is 0 Å². The average Bonchev–Trinajstić information content (AvgIpc) is 2.98. The molecule has 1 atom stereocenters. The molecule has 2 rings (SSSR count). The van der Waals surface area contributed by atoms with Gasteiger partial charge in [-0.3, -0.25) is 29.4 Å². The van der Waals surface area contributed by atoms with Gasteiger partial charge < -0.3 is 20.5 Å². The molecule has 1 aromatic rings. The molecule has 4 amide bonds. The van der Waals surface area contributed by atoms with E-state index in [0.717, 1.165) is 4.90 Å². The van der Waals surface area contributed by atoms with E-state index in [0.29, 0.717) is 62.7 Å². The Labute approximate surface area is 175 Å². The minimum absolute atomic E-state index is 0.0391. The Bertz CT molecular complexity index is 770. The molecule has 1 aliphatic rings. The monoisotopic (exact) mass is 420 g/mol. The van der Waals surface area contributed by atoms with Crippen molar-refractivity contribution in [3.8, 4) is 0 Å². The highest BCUT2D eigenvalue weighted by molar-refractivity contribution is 6.22. The van der Waals surface area contributed by atoms with Gasteiger partial charge in [-0.2, -0.15) is 0 Å². The second-order valence-corrected chi connectivity index (χ2v) is 6.75. The molecule has 30 heavy (non-hydrogen) atoms. The van der Waals surface area contributed by atoms with Gasteiger partial charge in [0.1, 0.15) is 0 Å². The third-order valence-corrected chi connectivity index (χ3v) is 4.58. The highest BCUT2D eigenvalue weighted by atomic mass is 16.5. The molecular formula is C20H28N4O6. The summed E-state index contributed by atoms with van der Waals surface area (Å²) in [4.78, 5) is 48.3. The predicted molar refractivity (Wildman–Crippen MR) is 109 cm³/mol. The molecule has 0 spiro atoms. The summed E-state index contributed by atoms with van der Waals surface area (Å²) in [5.41, 5.74) is 6.69. The van der Waals surface area contributed by atoms with E-state index < -0.39 is 17.9 Å². The first kappa shape index (κ1) is 23.5. The Balaban J connectivity index is 1.85. The number of carbonyl (C=O) groups excluding carboxylic acids is 4. The van der Waals surface area contributed by atoms with Gasteiger partial charge in [-0.1, -0.05) is 0 Å². The van der Waals surface area contributed by atoms with Crippen molar-refractivity contribution in [2.45, 2.75) is 25.8 Å². The maximum absolute atomic E-state index is 12.7. The normalized spacial score (nSPS) is 13.9. The first-order valence-electron chi connectivity index (χ1n) is 9.84. The zero-order valence-electron chi connectivity index (χ0n) is 17.0. The van der Waals surface area contributed by atoms with Crippen molar-refractivity contribution >= 4 is 29.8 Å². The van der Waals surface area contributed by atoms with Crippen molar-refractivity contribution in [3.05, 3.63) is 29.3 Å². The van der Waals surface area contributed by atoms with Crippen molar-refractivity contribution in [1.82, 2.24) is 10.2 Å². The number of imide groups is 2. The van der Waals surface area contributed by atoms with E-state index in [1.807, 2.05) is 5.32 Å². The third kappa shape index (κ3) is 6.34. The molecule has 0 saturated heterocycles. The number of rotatable bonds is 14. The van der Waals surface area contributed by atoms with Gasteiger partial charge in [-0.25, -0.2) is 0 Å². The van der Waals surface area contributed by atoms with Gasteiger partial charge in [0.05, 0.1) is 37.6 Å². The van der Waals surface area contributed by atoms with E-state index in [-0.39, 0.29) is 18.7 Å². The lowest BCUT2D eigenvalue weighted by Gasteiger charge is -2.22. The number of anilines is 1. The van der Waals surface area contributed by atoms with Gasteiger partial charge >= 0.3 is 0 Å². The van der Waals surface area contributed by atoms with E-state index in [1.54, 1.807) is 25.1 Å². The van der Waals surface area contributed by atoms with Crippen LogP contribution in [0.15, 0.2) is 18.2 Å². The lowest BCUT2D eigenvalue weighted by atomic mass is 10.1. The fraction of sp³-hybridized carbons (Fsp3) is 0.500. The lowest BCUT2D eigenvalue weighted by Crippen LogP contribution is -2.38. The summed E-state index contributed by atoms with van der Waals surface area (Å²) in [6.07, 6.45) is 0.615. The number of hydrogen-bond donors (Lipinski definition) is 3. The van der Waals surface area contributed by atoms with Crippen molar-refractivity contribution in [2.24, 2.45) is 5.73 Å². The summed E-state index contributed by atoms with van der Waals surface area (Å²) < 4.78 is 10.6. The van der Waals surface area contributed by atoms with Gasteiger partial charge in [-0.15, -0.1) is 0 Å². The molecular weight excluding hydrogens is 392 g/mol. The molecule has 164 valence electrons. The third-order valence-electron chi connectivity index (χ3n) is 4.58.